The fraction of sp³-hybridized carbons (Fsp3) is 0.750. The van der Waals surface area contributed by atoms with Gasteiger partial charge in [-0.2, -0.15) is 0 Å². The van der Waals surface area contributed by atoms with Gasteiger partial charge in [0.1, 0.15) is 6.61 Å². The van der Waals surface area contributed by atoms with Crippen LogP contribution < -0.4 is 0 Å². The van der Waals surface area contributed by atoms with Crippen molar-refractivity contribution in [2.75, 3.05) is 19.7 Å². The van der Waals surface area contributed by atoms with Gasteiger partial charge in [-0.15, -0.1) is 0 Å². The summed E-state index contributed by atoms with van der Waals surface area (Å²) >= 11 is 0. The van der Waals surface area contributed by atoms with E-state index in [1.165, 1.54) is 0 Å². The number of carboxylic acids is 1. The van der Waals surface area contributed by atoms with E-state index >= 15 is 0 Å². The van der Waals surface area contributed by atoms with Crippen molar-refractivity contribution in [3.05, 3.63) is 0 Å². The quantitative estimate of drug-likeness (QED) is 0.659. The van der Waals surface area contributed by atoms with Gasteiger partial charge in [0, 0.05) is 13.1 Å². The fourth-order valence-corrected chi connectivity index (χ4v) is 1.30. The molecule has 1 rings (SSSR count). The first-order valence-electron chi connectivity index (χ1n) is 4.24. The minimum Gasteiger partial charge on any atom is -0.481 e. The second-order valence-corrected chi connectivity index (χ2v) is 2.96. The summed E-state index contributed by atoms with van der Waals surface area (Å²) in [7, 11) is 0. The molecule has 1 aliphatic rings. The molecule has 1 aliphatic heterocycles. The number of hydrogen-bond donors (Lipinski definition) is 1. The summed E-state index contributed by atoms with van der Waals surface area (Å²) in [6.07, 6.45) is -0.390. The molecule has 0 spiro atoms. The largest absolute Gasteiger partial charge is 0.481 e. The summed E-state index contributed by atoms with van der Waals surface area (Å²) in [4.78, 5) is 23.1. The van der Waals surface area contributed by atoms with E-state index in [0.29, 0.717) is 13.1 Å². The summed E-state index contributed by atoms with van der Waals surface area (Å²) in [6, 6.07) is 0. The second-order valence-electron chi connectivity index (χ2n) is 2.96. The Morgan fingerprint density at radius 1 is 1.77 bits per heavy atom. The van der Waals surface area contributed by atoms with Crippen molar-refractivity contribution in [2.45, 2.75) is 19.4 Å². The van der Waals surface area contributed by atoms with E-state index in [9.17, 15) is 9.59 Å². The van der Waals surface area contributed by atoms with Gasteiger partial charge in [0.2, 0.25) is 5.91 Å². The third-order valence-corrected chi connectivity index (χ3v) is 2.00. The molecule has 1 heterocycles. The summed E-state index contributed by atoms with van der Waals surface area (Å²) in [6.45, 7) is 2.87. The van der Waals surface area contributed by atoms with Crippen LogP contribution >= 0.6 is 0 Å². The molecule has 1 unspecified atom stereocenters. The van der Waals surface area contributed by atoms with Gasteiger partial charge in [-0.3, -0.25) is 9.59 Å². The van der Waals surface area contributed by atoms with Crippen LogP contribution in [0.3, 0.4) is 0 Å². The van der Waals surface area contributed by atoms with E-state index in [1.807, 2.05) is 6.92 Å². The van der Waals surface area contributed by atoms with Crippen LogP contribution in [0.4, 0.5) is 0 Å². The van der Waals surface area contributed by atoms with Gasteiger partial charge in [0.05, 0.1) is 12.5 Å². The van der Waals surface area contributed by atoms with Gasteiger partial charge in [0.15, 0.2) is 0 Å². The molecule has 1 amide bonds. The standard InChI is InChI=1S/C8H13NO4/c1-2-9-4-6(3-8(11)12)13-5-7(9)10/h6H,2-5H2,1H3,(H,11,12). The number of rotatable bonds is 3. The first kappa shape index (κ1) is 9.98. The minimum absolute atomic E-state index is 0.00574. The van der Waals surface area contributed by atoms with Crippen LogP contribution in [0.25, 0.3) is 0 Å². The number of likely N-dealkylation sites (N-methyl/N-ethyl adjacent to an activating group) is 1. The smallest absolute Gasteiger partial charge is 0.306 e. The molecule has 0 saturated carbocycles. The van der Waals surface area contributed by atoms with Crippen LogP contribution in [-0.4, -0.2) is 47.7 Å². The van der Waals surface area contributed by atoms with E-state index in [4.69, 9.17) is 9.84 Å². The highest BCUT2D eigenvalue weighted by Gasteiger charge is 2.26. The maximum Gasteiger partial charge on any atom is 0.306 e. The van der Waals surface area contributed by atoms with E-state index in [-0.39, 0.29) is 25.0 Å². The van der Waals surface area contributed by atoms with E-state index in [1.54, 1.807) is 4.90 Å². The van der Waals surface area contributed by atoms with Crippen molar-refractivity contribution in [1.29, 1.82) is 0 Å². The summed E-state index contributed by atoms with van der Waals surface area (Å²) in [5.74, 6) is -0.959. The van der Waals surface area contributed by atoms with Gasteiger partial charge in [-0.05, 0) is 6.92 Å². The molecular weight excluding hydrogens is 174 g/mol. The van der Waals surface area contributed by atoms with Crippen LogP contribution in [0.1, 0.15) is 13.3 Å². The minimum atomic E-state index is -0.893. The molecule has 1 atom stereocenters. The highest BCUT2D eigenvalue weighted by Crippen LogP contribution is 2.08. The number of nitrogens with zero attached hydrogens (tertiary/aromatic N) is 1. The lowest BCUT2D eigenvalue weighted by Crippen LogP contribution is -2.46. The zero-order chi connectivity index (χ0) is 9.84. The molecule has 1 N–H and O–H groups in total. The molecule has 1 fully saturated rings. The number of hydrogen-bond acceptors (Lipinski definition) is 3. The van der Waals surface area contributed by atoms with Crippen LogP contribution in [0.15, 0.2) is 0 Å². The lowest BCUT2D eigenvalue weighted by atomic mass is 10.2. The van der Waals surface area contributed by atoms with Crippen LogP contribution in [-0.2, 0) is 14.3 Å². The maximum atomic E-state index is 11.1. The molecule has 0 aromatic rings. The molecule has 0 radical (unpaired) electrons. The third-order valence-electron chi connectivity index (χ3n) is 2.00. The lowest BCUT2D eigenvalue weighted by Gasteiger charge is -2.31. The fourth-order valence-electron chi connectivity index (χ4n) is 1.30. The molecule has 0 aliphatic carbocycles. The third kappa shape index (κ3) is 2.69. The number of amides is 1. The van der Waals surface area contributed by atoms with Crippen molar-refractivity contribution < 1.29 is 19.4 Å². The molecule has 74 valence electrons. The number of carbonyl (C=O) groups is 2. The number of carboxylic acid groups (broad SMARTS) is 1. The van der Waals surface area contributed by atoms with Crippen LogP contribution in [0, 0.1) is 0 Å². The number of aliphatic carboxylic acids is 1. The first-order valence-corrected chi connectivity index (χ1v) is 4.24. The molecule has 0 bridgehead atoms. The maximum absolute atomic E-state index is 11.1. The van der Waals surface area contributed by atoms with E-state index in [0.717, 1.165) is 0 Å². The first-order chi connectivity index (χ1) is 6.13. The van der Waals surface area contributed by atoms with Crippen LogP contribution in [0.2, 0.25) is 0 Å². The Balaban J connectivity index is 2.44. The monoisotopic (exact) mass is 187 g/mol. The van der Waals surface area contributed by atoms with Crippen molar-refractivity contribution in [3.63, 3.8) is 0 Å². The molecular formula is C8H13NO4. The van der Waals surface area contributed by atoms with Gasteiger partial charge >= 0.3 is 5.97 Å². The second kappa shape index (κ2) is 4.23. The van der Waals surface area contributed by atoms with Crippen LogP contribution in [0.5, 0.6) is 0 Å². The number of morpholine rings is 1. The Hall–Kier alpha value is -1.10. The molecule has 0 aromatic heterocycles. The average molecular weight is 187 g/mol. The van der Waals surface area contributed by atoms with Gasteiger partial charge in [-0.1, -0.05) is 0 Å². The highest BCUT2D eigenvalue weighted by molar-refractivity contribution is 5.78. The molecule has 5 nitrogen and oxygen atoms in total. The predicted molar refractivity (Wildman–Crippen MR) is 44.2 cm³/mol. The SMILES string of the molecule is CCN1CC(CC(=O)O)OCC1=O. The Morgan fingerprint density at radius 2 is 2.46 bits per heavy atom. The lowest BCUT2D eigenvalue weighted by molar-refractivity contribution is -0.154. The number of ether oxygens (including phenoxy) is 1. The Labute approximate surface area is 76.3 Å². The average Bonchev–Trinajstić information content (AvgIpc) is 2.07. The summed E-state index contributed by atoms with van der Waals surface area (Å²) < 4.78 is 5.06. The Kier molecular flexibility index (Phi) is 3.25. The van der Waals surface area contributed by atoms with Gasteiger partial charge < -0.3 is 14.7 Å². The molecule has 0 aromatic carbocycles. The Bertz CT molecular complexity index is 216. The zero-order valence-corrected chi connectivity index (χ0v) is 7.52. The van der Waals surface area contributed by atoms with Crippen molar-refractivity contribution in [2.24, 2.45) is 0 Å². The van der Waals surface area contributed by atoms with Gasteiger partial charge in [-0.25, -0.2) is 0 Å². The van der Waals surface area contributed by atoms with Crippen molar-refractivity contribution >= 4 is 11.9 Å². The highest BCUT2D eigenvalue weighted by atomic mass is 16.5. The molecule has 13 heavy (non-hydrogen) atoms. The van der Waals surface area contributed by atoms with E-state index < -0.39 is 5.97 Å². The Morgan fingerprint density at radius 3 is 3.00 bits per heavy atom. The van der Waals surface area contributed by atoms with Gasteiger partial charge in [0.25, 0.3) is 0 Å². The topological polar surface area (TPSA) is 66.8 Å². The molecule has 1 saturated heterocycles. The summed E-state index contributed by atoms with van der Waals surface area (Å²) in [5.41, 5.74) is 0. The summed E-state index contributed by atoms with van der Waals surface area (Å²) in [5, 5.41) is 8.51. The predicted octanol–water partition coefficient (Wildman–Crippen LogP) is -0.292. The van der Waals surface area contributed by atoms with Crippen molar-refractivity contribution in [3.8, 4) is 0 Å². The zero-order valence-electron chi connectivity index (χ0n) is 7.52. The molecule has 5 heteroatoms. The number of carbonyl (C=O) groups excluding carboxylic acids is 1. The normalized spacial score (nSPS) is 23.3. The van der Waals surface area contributed by atoms with Crippen molar-refractivity contribution in [1.82, 2.24) is 4.90 Å². The van der Waals surface area contributed by atoms with E-state index in [2.05, 4.69) is 0 Å².